The first-order valence-corrected chi connectivity index (χ1v) is 9.53. The van der Waals surface area contributed by atoms with Crippen molar-refractivity contribution in [1.82, 2.24) is 4.98 Å². The summed E-state index contributed by atoms with van der Waals surface area (Å²) in [5.41, 5.74) is 0.704. The quantitative estimate of drug-likeness (QED) is 0.701. The van der Waals surface area contributed by atoms with Crippen molar-refractivity contribution in [1.29, 1.82) is 0 Å². The molecule has 0 radical (unpaired) electrons. The van der Waals surface area contributed by atoms with Gasteiger partial charge >= 0.3 is 0 Å². The van der Waals surface area contributed by atoms with E-state index in [4.69, 9.17) is 4.74 Å². The first-order chi connectivity index (χ1) is 11.5. The van der Waals surface area contributed by atoms with Crippen LogP contribution in [0.15, 0.2) is 52.0 Å². The first-order valence-electron chi connectivity index (χ1n) is 7.42. The lowest BCUT2D eigenvalue weighted by atomic mass is 10.3. The Bertz CT molecular complexity index is 705. The summed E-state index contributed by atoms with van der Waals surface area (Å²) in [4.78, 5) is 18.6. The minimum atomic E-state index is -1.09. The number of amides is 1. The van der Waals surface area contributed by atoms with Crippen LogP contribution in [0.5, 0.6) is 5.88 Å². The summed E-state index contributed by atoms with van der Waals surface area (Å²) >= 11 is 3.35. The van der Waals surface area contributed by atoms with E-state index < -0.39 is 10.8 Å². The number of pyridine rings is 1. The molecule has 0 spiro atoms. The summed E-state index contributed by atoms with van der Waals surface area (Å²) in [7, 11) is 2.16. The number of aromatic nitrogens is 1. The molecule has 0 aliphatic rings. The molecular weight excluding hydrogens is 392 g/mol. The van der Waals surface area contributed by atoms with Crippen molar-refractivity contribution in [3.8, 4) is 5.88 Å². The van der Waals surface area contributed by atoms with Gasteiger partial charge < -0.3 is 9.64 Å². The lowest BCUT2D eigenvalue weighted by Crippen LogP contribution is -2.26. The van der Waals surface area contributed by atoms with Gasteiger partial charge in [0.2, 0.25) is 11.8 Å². The smallest absolute Gasteiger partial charge is 0.226 e. The van der Waals surface area contributed by atoms with Crippen LogP contribution in [0, 0.1) is 0 Å². The molecule has 128 valence electrons. The number of hydrogen-bond acceptors (Lipinski definition) is 4. The van der Waals surface area contributed by atoms with E-state index in [1.807, 2.05) is 24.3 Å². The average Bonchev–Trinajstić information content (AvgIpc) is 2.61. The maximum atomic E-state index is 12.2. The van der Waals surface area contributed by atoms with E-state index in [1.165, 1.54) is 0 Å². The summed E-state index contributed by atoms with van der Waals surface area (Å²) in [6.45, 7) is 0. The van der Waals surface area contributed by atoms with Crippen molar-refractivity contribution in [3.63, 3.8) is 0 Å². The topological polar surface area (TPSA) is 59.5 Å². The second-order valence-electron chi connectivity index (χ2n) is 5.12. The summed E-state index contributed by atoms with van der Waals surface area (Å²) in [5, 5.41) is 0. The highest BCUT2D eigenvalue weighted by molar-refractivity contribution is 9.10. The number of anilines is 1. The molecule has 0 aliphatic carbocycles. The first kappa shape index (κ1) is 18.6. The molecule has 0 saturated heterocycles. The third-order valence-electron chi connectivity index (χ3n) is 3.49. The minimum Gasteiger partial charge on any atom is -0.481 e. The van der Waals surface area contributed by atoms with Crippen LogP contribution in [-0.2, 0) is 15.6 Å². The number of rotatable bonds is 7. The maximum absolute atomic E-state index is 12.2. The van der Waals surface area contributed by atoms with Crippen molar-refractivity contribution in [3.05, 3.63) is 47.1 Å². The van der Waals surface area contributed by atoms with Crippen molar-refractivity contribution in [2.24, 2.45) is 0 Å². The van der Waals surface area contributed by atoms with Gasteiger partial charge in [0.05, 0.1) is 29.8 Å². The van der Waals surface area contributed by atoms with Gasteiger partial charge in [-0.2, -0.15) is 0 Å². The van der Waals surface area contributed by atoms with Crippen LogP contribution in [0.3, 0.4) is 0 Å². The molecule has 0 bridgehead atoms. The molecule has 7 heteroatoms. The lowest BCUT2D eigenvalue weighted by molar-refractivity contribution is -0.118. The molecule has 1 unspecified atom stereocenters. The van der Waals surface area contributed by atoms with Crippen molar-refractivity contribution in [2.75, 3.05) is 24.8 Å². The molecule has 1 aromatic carbocycles. The summed E-state index contributed by atoms with van der Waals surface area (Å²) in [6, 6.07) is 10.9. The Morgan fingerprint density at radius 2 is 1.96 bits per heavy atom. The number of nitrogens with zero attached hydrogens (tertiary/aromatic N) is 2. The van der Waals surface area contributed by atoms with E-state index in [-0.39, 0.29) is 5.91 Å². The number of halogens is 1. The summed E-state index contributed by atoms with van der Waals surface area (Å²) in [5.74, 6) is 0.932. The molecule has 2 rings (SSSR count). The number of methoxy groups -OCH3 is 1. The Hall–Kier alpha value is -1.73. The van der Waals surface area contributed by atoms with Gasteiger partial charge in [0.1, 0.15) is 0 Å². The number of hydrogen-bond donors (Lipinski definition) is 0. The highest BCUT2D eigenvalue weighted by atomic mass is 79.9. The Labute approximate surface area is 152 Å². The van der Waals surface area contributed by atoms with E-state index in [2.05, 4.69) is 20.9 Å². The molecule has 2 aromatic rings. The molecule has 0 fully saturated rings. The molecule has 0 aliphatic heterocycles. The molecule has 1 heterocycles. The second-order valence-corrected chi connectivity index (χ2v) is 7.61. The molecular formula is C17H19BrN2O3S. The van der Waals surface area contributed by atoms with Crippen molar-refractivity contribution in [2.45, 2.75) is 17.7 Å². The lowest BCUT2D eigenvalue weighted by Gasteiger charge is -2.17. The predicted molar refractivity (Wildman–Crippen MR) is 98.9 cm³/mol. The van der Waals surface area contributed by atoms with Crippen LogP contribution >= 0.6 is 15.9 Å². The van der Waals surface area contributed by atoms with Crippen LogP contribution in [0.25, 0.3) is 0 Å². The monoisotopic (exact) mass is 410 g/mol. The average molecular weight is 411 g/mol. The summed E-state index contributed by atoms with van der Waals surface area (Å²) < 4.78 is 18.1. The maximum Gasteiger partial charge on any atom is 0.226 e. The highest BCUT2D eigenvalue weighted by Gasteiger charge is 2.12. The molecule has 0 saturated carbocycles. The normalized spacial score (nSPS) is 11.8. The largest absolute Gasteiger partial charge is 0.481 e. The van der Waals surface area contributed by atoms with E-state index in [1.54, 1.807) is 37.4 Å². The molecule has 1 aromatic heterocycles. The minimum absolute atomic E-state index is 0.0326. The van der Waals surface area contributed by atoms with Gasteiger partial charge in [0.15, 0.2) is 0 Å². The third kappa shape index (κ3) is 5.14. The van der Waals surface area contributed by atoms with E-state index in [9.17, 15) is 9.00 Å². The molecule has 0 N–H and O–H groups in total. The van der Waals surface area contributed by atoms with Crippen LogP contribution in [0.2, 0.25) is 0 Å². The van der Waals surface area contributed by atoms with Gasteiger partial charge in [0, 0.05) is 34.7 Å². The molecule has 1 atom stereocenters. The van der Waals surface area contributed by atoms with Gasteiger partial charge in [-0.15, -0.1) is 0 Å². The molecule has 24 heavy (non-hydrogen) atoms. The van der Waals surface area contributed by atoms with Gasteiger partial charge in [-0.1, -0.05) is 15.9 Å². The number of carbonyl (C=O) groups excluding carboxylic acids is 1. The SMILES string of the molecule is COc1ccc(N(C)C(=O)CCCS(=O)c2ccc(Br)cc2)cn1. The van der Waals surface area contributed by atoms with Gasteiger partial charge in [-0.25, -0.2) is 4.98 Å². The van der Waals surface area contributed by atoms with Crippen LogP contribution in [-0.4, -0.2) is 35.0 Å². The number of ether oxygens (including phenoxy) is 1. The third-order valence-corrected chi connectivity index (χ3v) is 5.47. The number of carbonyl (C=O) groups is 1. The zero-order valence-electron chi connectivity index (χ0n) is 13.6. The van der Waals surface area contributed by atoms with Crippen LogP contribution in [0.1, 0.15) is 12.8 Å². The predicted octanol–water partition coefficient (Wildman–Crippen LogP) is 3.40. The van der Waals surface area contributed by atoms with Gasteiger partial charge in [-0.05, 0) is 36.8 Å². The van der Waals surface area contributed by atoms with Crippen LogP contribution < -0.4 is 9.64 Å². The van der Waals surface area contributed by atoms with E-state index in [0.29, 0.717) is 30.2 Å². The second kappa shape index (κ2) is 8.94. The fraction of sp³-hybridized carbons (Fsp3) is 0.294. The van der Waals surface area contributed by atoms with E-state index in [0.717, 1.165) is 9.37 Å². The Balaban J connectivity index is 1.83. The van der Waals surface area contributed by atoms with Gasteiger partial charge in [0.25, 0.3) is 0 Å². The molecule has 1 amide bonds. The fourth-order valence-corrected chi connectivity index (χ4v) is 3.41. The number of benzene rings is 1. The van der Waals surface area contributed by atoms with E-state index >= 15 is 0 Å². The highest BCUT2D eigenvalue weighted by Crippen LogP contribution is 2.17. The Kier molecular flexibility index (Phi) is 6.93. The Morgan fingerprint density at radius 3 is 2.54 bits per heavy atom. The summed E-state index contributed by atoms with van der Waals surface area (Å²) in [6.07, 6.45) is 2.50. The van der Waals surface area contributed by atoms with Gasteiger partial charge in [-0.3, -0.25) is 9.00 Å². The van der Waals surface area contributed by atoms with Crippen LogP contribution in [0.4, 0.5) is 5.69 Å². The van der Waals surface area contributed by atoms with Crippen molar-refractivity contribution >= 4 is 38.3 Å². The zero-order valence-corrected chi connectivity index (χ0v) is 16.0. The van der Waals surface area contributed by atoms with Crippen molar-refractivity contribution < 1.29 is 13.7 Å². The zero-order chi connectivity index (χ0) is 17.5. The fourth-order valence-electron chi connectivity index (χ4n) is 2.06. The standard InChI is InChI=1S/C17H19BrN2O3S/c1-20(14-7-10-16(23-2)19-12-14)17(21)4-3-11-24(22)15-8-5-13(18)6-9-15/h5-10,12H,3-4,11H2,1-2H3. The molecule has 5 nitrogen and oxygen atoms in total. The Morgan fingerprint density at radius 1 is 1.25 bits per heavy atom.